The lowest BCUT2D eigenvalue weighted by Crippen LogP contribution is -2.71. The van der Waals surface area contributed by atoms with Crippen LogP contribution in [0.4, 0.5) is 11.9 Å². The molecular formula is C77H128N12O12. The predicted octanol–water partition coefficient (Wildman–Crippen LogP) is 11.2. The minimum absolute atomic E-state index is 0. The fourth-order valence-corrected chi connectivity index (χ4v) is 23.3. The number of ether oxygens (including phenoxy) is 5. The van der Waals surface area contributed by atoms with E-state index in [-0.39, 0.29) is 96.3 Å². The number of nitrogens with zero attached hydrogens (tertiary/aromatic N) is 7. The number of allylic oxidation sites excluding steroid dienone is 2. The summed E-state index contributed by atoms with van der Waals surface area (Å²) in [6, 6.07) is -0.313. The summed E-state index contributed by atoms with van der Waals surface area (Å²) in [5.41, 5.74) is 19.4. The van der Waals surface area contributed by atoms with Gasteiger partial charge in [-0.25, -0.2) is 0 Å². The molecule has 4 bridgehead atoms. The first-order valence-corrected chi connectivity index (χ1v) is 37.4. The molecule has 0 spiro atoms. The van der Waals surface area contributed by atoms with Gasteiger partial charge in [0.2, 0.25) is 0 Å². The highest BCUT2D eigenvalue weighted by atomic mass is 16.6. The van der Waals surface area contributed by atoms with Gasteiger partial charge < -0.3 is 56.8 Å². The monoisotopic (exact) mass is 1410 g/mol. The lowest BCUT2D eigenvalue weighted by Gasteiger charge is -2.70. The van der Waals surface area contributed by atoms with Crippen LogP contribution in [-0.2, 0) is 47.7 Å². The van der Waals surface area contributed by atoms with E-state index < -0.39 is 101 Å². The Morgan fingerprint density at radius 2 is 1.06 bits per heavy atom. The van der Waals surface area contributed by atoms with Crippen molar-refractivity contribution in [2.24, 2.45) is 137 Å². The Morgan fingerprint density at radius 1 is 0.634 bits per heavy atom. The number of fused-ring (bicyclic) bond motifs is 6. The molecular weight excluding hydrogens is 1280 g/mol. The number of rotatable bonds is 16. The van der Waals surface area contributed by atoms with Gasteiger partial charge in [-0.05, 0) is 181 Å². The van der Waals surface area contributed by atoms with E-state index in [0.717, 1.165) is 62.5 Å². The average Bonchev–Trinajstić information content (AvgIpc) is 0.711. The maximum Gasteiger partial charge on any atom is 0.308 e. The van der Waals surface area contributed by atoms with E-state index in [1.807, 2.05) is 39.8 Å². The van der Waals surface area contributed by atoms with E-state index in [0.29, 0.717) is 64.3 Å². The number of nitrogen functional groups attached to an aromatic ring is 2. The predicted molar refractivity (Wildman–Crippen MR) is 384 cm³/mol. The summed E-state index contributed by atoms with van der Waals surface area (Å²) in [4.78, 5) is 70.7. The number of hydrogen-bond acceptors (Lipinski definition) is 20. The molecule has 568 valence electrons. The number of nitrogens with two attached hydrogens (primary N) is 4. The molecule has 8 aliphatic carbocycles. The molecule has 11 N–H and O–H groups in total. The number of tetrazole rings is 2. The smallest absolute Gasteiger partial charge is 0.308 e. The summed E-state index contributed by atoms with van der Waals surface area (Å²) in [5.74, 6) is -1.84. The molecule has 24 nitrogen and oxygen atoms in total. The third-order valence-corrected chi connectivity index (χ3v) is 31.1. The number of nitrogens with one attached hydrogen (secondary N) is 1. The van der Waals surface area contributed by atoms with Gasteiger partial charge in [-0.1, -0.05) is 153 Å². The molecule has 10 aliphatic rings. The van der Waals surface area contributed by atoms with E-state index in [1.54, 1.807) is 4.80 Å². The fourth-order valence-electron chi connectivity index (χ4n) is 23.3. The number of hydrogen-bond donors (Lipinski definition) is 7. The number of carboxylic acid groups (broad SMARTS) is 2. The third-order valence-electron chi connectivity index (χ3n) is 31.1. The van der Waals surface area contributed by atoms with E-state index in [9.17, 15) is 34.2 Å². The van der Waals surface area contributed by atoms with Gasteiger partial charge >= 0.3 is 17.9 Å². The normalized spacial score (nSPS) is 42.3. The average molecular weight is 1410 g/mol. The first kappa shape index (κ1) is 79.8. The lowest BCUT2D eigenvalue weighted by atomic mass is 9.34. The first-order chi connectivity index (χ1) is 46.2. The standard InChI is InChI=1S/C38H61NO7.C37H60N6O5.CH3N5.CH4/c1-21(2)23(5)33(7)14-15-35(9)25-12-13-28-34(8)18-44-20-38(28,26(25)16-29(41)37(35,11)30(33)32(42)43)17-27(46-24(6)40)31(34)45-19-36(10,39)22(3)4;1-20(2)22(5)32(6)13-14-34(8)23-11-12-26-33(7)17-47-19-37(26,24(23)15-27(44)36(34,10)28(32)30(45)46)16-25(43-41-31(38)40-42-43)29(33)48-18-35(9,39)21(3)4;2-1-3-5-6-4-1;/h16,21-23,25,27-28,30-31H,12-15,17-20,39H2,1-11H3,(H,42,43);15,20-23,25-26,28-29H,11-14,16-19,39H2,1-10H3,(H2,38,41)(H,45,46);(H3,2,3,4,5,6);1H4/t23-,25+,27-,28+,30-,31+,33-,34-,35-,36?,37+,38+;22-,23+,25-,26+,28-,29+,32-,33-,34-,35?,36+,37+;;/m11../s1. The first-order valence-electron chi connectivity index (χ1n) is 37.4. The second-order valence-corrected chi connectivity index (χ2v) is 37.1. The maximum atomic E-state index is 14.9. The number of anilines is 2. The molecule has 8 fully saturated rings. The Labute approximate surface area is 601 Å². The Balaban J connectivity index is 0.000000215. The number of carboxylic acids is 2. The van der Waals surface area contributed by atoms with Crippen molar-refractivity contribution in [1.29, 1.82) is 0 Å². The van der Waals surface area contributed by atoms with Gasteiger partial charge in [0.05, 0.1) is 57.6 Å². The van der Waals surface area contributed by atoms with E-state index in [4.69, 9.17) is 46.6 Å². The van der Waals surface area contributed by atoms with Gasteiger partial charge in [-0.2, -0.15) is 10.0 Å². The van der Waals surface area contributed by atoms with Crippen molar-refractivity contribution in [3.8, 4) is 0 Å². The molecule has 2 aromatic rings. The van der Waals surface area contributed by atoms with Crippen LogP contribution in [0.25, 0.3) is 0 Å². The largest absolute Gasteiger partial charge is 0.481 e. The van der Waals surface area contributed by atoms with E-state index >= 15 is 0 Å². The zero-order valence-electron chi connectivity index (χ0n) is 64.1. The van der Waals surface area contributed by atoms with Crippen LogP contribution in [0.2, 0.25) is 0 Å². The Kier molecular flexibility index (Phi) is 21.5. The van der Waals surface area contributed by atoms with Crippen LogP contribution in [0.5, 0.6) is 0 Å². The number of aromatic nitrogens is 8. The number of carbonyl (C=O) groups is 5. The Bertz CT molecular complexity index is 3480. The number of aromatic amines is 1. The number of ketones is 2. The SMILES string of the molecule is C.CC(=O)O[C@@H]1C[C@@]23COC[C@](C)([C@@H]2CC[C@H]2C3=CC(=O)[C@@]3(C)[C@H](C(=O)O)[C@@](C)([C@H](C)C(C)C)CC[C@]23C)[C@H]1OCC(C)(N)C(C)C.CC(C)[C@@H](C)[C@@]1(C)CC[C@]2(C)[C@H]3CC[C@@H]4[C@@]5(COC[C@@]4(C)[C@@H](OCC(C)(N)C(C)C)[C@H](n4nnc(N)n4)C5)C3=CC(=O)[C@@]2(C)[C@@H]1C(=O)O.Nc1nn[nH]n1. The molecule has 2 aliphatic heterocycles. The maximum absolute atomic E-state index is 14.9. The van der Waals surface area contributed by atoms with E-state index in [2.05, 4.69) is 147 Å². The molecule has 0 radical (unpaired) electrons. The molecule has 2 saturated heterocycles. The summed E-state index contributed by atoms with van der Waals surface area (Å²) in [7, 11) is 0. The summed E-state index contributed by atoms with van der Waals surface area (Å²) < 4.78 is 32.8. The second-order valence-electron chi connectivity index (χ2n) is 37.1. The summed E-state index contributed by atoms with van der Waals surface area (Å²) in [6.07, 6.45) is 10.3. The van der Waals surface area contributed by atoms with Gasteiger partial charge in [0.1, 0.15) is 18.2 Å². The molecule has 0 aromatic carbocycles. The van der Waals surface area contributed by atoms with Gasteiger partial charge in [0.15, 0.2) is 11.6 Å². The van der Waals surface area contributed by atoms with Crippen LogP contribution in [0, 0.1) is 125 Å². The van der Waals surface area contributed by atoms with Crippen molar-refractivity contribution in [1.82, 2.24) is 40.8 Å². The number of carbonyl (C=O) groups excluding carboxylic acids is 3. The molecule has 2 unspecified atom stereocenters. The molecule has 24 atom stereocenters. The van der Waals surface area contributed by atoms with Crippen LogP contribution < -0.4 is 22.9 Å². The van der Waals surface area contributed by atoms with Crippen molar-refractivity contribution in [3.05, 3.63) is 23.3 Å². The van der Waals surface area contributed by atoms with Crippen molar-refractivity contribution in [2.45, 2.75) is 252 Å². The quantitative estimate of drug-likeness (QED) is 0.0768. The zero-order chi connectivity index (χ0) is 74.2. The second kappa shape index (κ2) is 27.3. The lowest BCUT2D eigenvalue weighted by molar-refractivity contribution is -0.268. The Morgan fingerprint density at radius 3 is 1.42 bits per heavy atom. The number of H-pyrrole nitrogens is 1. The number of esters is 1. The molecule has 6 saturated carbocycles. The summed E-state index contributed by atoms with van der Waals surface area (Å²) >= 11 is 0. The molecule has 0 amide bonds. The zero-order valence-corrected chi connectivity index (χ0v) is 64.1. The van der Waals surface area contributed by atoms with Gasteiger partial charge in [-0.15, -0.1) is 10.2 Å². The summed E-state index contributed by atoms with van der Waals surface area (Å²) in [6.45, 7) is 46.4. The van der Waals surface area contributed by atoms with Crippen LogP contribution in [0.15, 0.2) is 23.3 Å². The van der Waals surface area contributed by atoms with Crippen molar-refractivity contribution in [2.75, 3.05) is 51.1 Å². The highest BCUT2D eigenvalue weighted by Crippen LogP contribution is 2.77. The van der Waals surface area contributed by atoms with Crippen LogP contribution in [0.1, 0.15) is 223 Å². The van der Waals surface area contributed by atoms with Crippen molar-refractivity contribution in [3.63, 3.8) is 0 Å². The topological polar surface area (TPSA) is 374 Å². The van der Waals surface area contributed by atoms with Crippen LogP contribution in [-0.4, -0.2) is 150 Å². The number of aliphatic carboxylic acids is 2. The van der Waals surface area contributed by atoms with E-state index in [1.165, 1.54) is 6.92 Å². The van der Waals surface area contributed by atoms with Crippen LogP contribution in [0.3, 0.4) is 0 Å². The molecule has 12 rings (SSSR count). The molecule has 2 aromatic heterocycles. The minimum Gasteiger partial charge on any atom is -0.481 e. The van der Waals surface area contributed by atoms with Crippen LogP contribution >= 0.6 is 0 Å². The highest BCUT2D eigenvalue weighted by Gasteiger charge is 2.77. The van der Waals surface area contributed by atoms with Gasteiger partial charge in [0, 0.05) is 50.5 Å². The van der Waals surface area contributed by atoms with Gasteiger partial charge in [0.25, 0.3) is 11.9 Å². The minimum atomic E-state index is -1.05. The van der Waals surface area contributed by atoms with Gasteiger partial charge in [-0.3, -0.25) is 24.0 Å². The molecule has 24 heteroatoms. The van der Waals surface area contributed by atoms with Crippen molar-refractivity contribution >= 4 is 41.4 Å². The Hall–Kier alpha value is -5.27. The highest BCUT2D eigenvalue weighted by molar-refractivity contribution is 6.01. The fraction of sp³-hybridized carbons (Fsp3) is 0.857. The van der Waals surface area contributed by atoms with Crippen molar-refractivity contribution < 1.29 is 57.9 Å². The third kappa shape index (κ3) is 12.2. The molecule has 4 heterocycles. The summed E-state index contributed by atoms with van der Waals surface area (Å²) in [5, 5.41) is 46.9. The molecule has 101 heavy (non-hydrogen) atoms.